The number of fused-ring (bicyclic) bond motifs is 1. The molecule has 2 aromatic heterocycles. The van der Waals surface area contributed by atoms with Gasteiger partial charge in [-0.05, 0) is 25.0 Å². The molecule has 0 unspecified atom stereocenters. The van der Waals surface area contributed by atoms with Crippen molar-refractivity contribution >= 4 is 27.5 Å². The average molecular weight is 354 g/mol. The number of hydrogen-bond acceptors (Lipinski definition) is 3. The lowest BCUT2D eigenvalue weighted by atomic mass is 9.82. The van der Waals surface area contributed by atoms with Gasteiger partial charge < -0.3 is 14.8 Å². The molecule has 0 fully saturated rings. The number of nitrogens with one attached hydrogen (secondary N) is 1. The van der Waals surface area contributed by atoms with Crippen molar-refractivity contribution in [3.8, 4) is 0 Å². The van der Waals surface area contributed by atoms with Crippen molar-refractivity contribution in [3.05, 3.63) is 34.7 Å². The van der Waals surface area contributed by atoms with E-state index in [1.165, 1.54) is 0 Å². The fourth-order valence-electron chi connectivity index (χ4n) is 2.40. The van der Waals surface area contributed by atoms with Gasteiger partial charge in [-0.3, -0.25) is 4.79 Å². The molecule has 0 aliphatic heterocycles. The third kappa shape index (κ3) is 3.44. The van der Waals surface area contributed by atoms with E-state index in [4.69, 9.17) is 0 Å². The average Bonchev–Trinajstić information content (AvgIpc) is 2.85. The van der Waals surface area contributed by atoms with E-state index in [1.807, 2.05) is 42.8 Å². The zero-order valence-electron chi connectivity index (χ0n) is 12.3. The van der Waals surface area contributed by atoms with E-state index in [0.29, 0.717) is 25.9 Å². The van der Waals surface area contributed by atoms with Crippen LogP contribution in [0.3, 0.4) is 0 Å². The number of aromatic nitrogens is 2. The second-order valence-corrected chi connectivity index (χ2v) is 6.15. The highest BCUT2D eigenvalue weighted by atomic mass is 79.9. The van der Waals surface area contributed by atoms with Gasteiger partial charge in [-0.1, -0.05) is 29.8 Å². The molecule has 0 spiro atoms. The summed E-state index contributed by atoms with van der Waals surface area (Å²) in [4.78, 5) is 16.0. The van der Waals surface area contributed by atoms with Crippen LogP contribution in [0.25, 0.3) is 5.65 Å². The molecule has 0 radical (unpaired) electrons. The Balaban J connectivity index is 2.03. The molecule has 0 aliphatic carbocycles. The largest absolute Gasteiger partial charge is 0.481 e. The van der Waals surface area contributed by atoms with Crippen molar-refractivity contribution < 1.29 is 9.90 Å². The summed E-state index contributed by atoms with van der Waals surface area (Å²) in [7, 11) is 0. The van der Waals surface area contributed by atoms with E-state index in [0.717, 1.165) is 15.8 Å². The highest BCUT2D eigenvalue weighted by Gasteiger charge is 2.34. The zero-order chi connectivity index (χ0) is 15.5. The number of halogens is 1. The van der Waals surface area contributed by atoms with Gasteiger partial charge in [0.2, 0.25) is 0 Å². The smallest absolute Gasteiger partial charge is 0.310 e. The Morgan fingerprint density at radius 2 is 2.19 bits per heavy atom. The van der Waals surface area contributed by atoms with Crippen molar-refractivity contribution in [3.63, 3.8) is 0 Å². The second-order valence-electron chi connectivity index (χ2n) is 5.24. The molecule has 0 bridgehead atoms. The molecule has 0 aliphatic rings. The van der Waals surface area contributed by atoms with Crippen LogP contribution in [0.5, 0.6) is 0 Å². The van der Waals surface area contributed by atoms with Crippen LogP contribution in [-0.4, -0.2) is 27.0 Å². The summed E-state index contributed by atoms with van der Waals surface area (Å²) < 4.78 is 2.94. The Labute approximate surface area is 132 Å². The van der Waals surface area contributed by atoms with Crippen LogP contribution in [0.1, 0.15) is 32.4 Å². The normalized spacial score (nSPS) is 12.0. The minimum atomic E-state index is -0.737. The molecule has 0 saturated heterocycles. The lowest BCUT2D eigenvalue weighted by molar-refractivity contribution is -0.149. The molecule has 5 nitrogen and oxygen atoms in total. The molecule has 0 amide bonds. The molecular formula is C15H20BrN3O2. The van der Waals surface area contributed by atoms with Gasteiger partial charge >= 0.3 is 5.97 Å². The minimum absolute atomic E-state index is 0.451. The van der Waals surface area contributed by atoms with E-state index in [9.17, 15) is 9.90 Å². The van der Waals surface area contributed by atoms with Crippen molar-refractivity contribution in [1.29, 1.82) is 0 Å². The standard InChI is InChI=1S/C15H20BrN3O2/c1-3-15(4-2,14(20)21)10-17-8-12-9-19-6-5-11(16)7-13(19)18-12/h5-7,9,17H,3-4,8,10H2,1-2H3,(H,20,21). The lowest BCUT2D eigenvalue weighted by Crippen LogP contribution is -2.40. The van der Waals surface area contributed by atoms with Crippen LogP contribution < -0.4 is 5.32 Å². The van der Waals surface area contributed by atoms with Crippen LogP contribution in [-0.2, 0) is 11.3 Å². The van der Waals surface area contributed by atoms with Crippen molar-refractivity contribution in [2.75, 3.05) is 6.54 Å². The maximum Gasteiger partial charge on any atom is 0.310 e. The Hall–Kier alpha value is -1.40. The van der Waals surface area contributed by atoms with Gasteiger partial charge in [0.25, 0.3) is 0 Å². The molecule has 2 N–H and O–H groups in total. The zero-order valence-corrected chi connectivity index (χ0v) is 13.9. The molecular weight excluding hydrogens is 334 g/mol. The minimum Gasteiger partial charge on any atom is -0.481 e. The van der Waals surface area contributed by atoms with E-state index in [-0.39, 0.29) is 0 Å². The van der Waals surface area contributed by atoms with E-state index >= 15 is 0 Å². The fourth-order valence-corrected chi connectivity index (χ4v) is 2.73. The van der Waals surface area contributed by atoms with Gasteiger partial charge in [0.15, 0.2) is 0 Å². The fraction of sp³-hybridized carbons (Fsp3) is 0.467. The van der Waals surface area contributed by atoms with Crippen molar-refractivity contribution in [2.24, 2.45) is 5.41 Å². The predicted molar refractivity (Wildman–Crippen MR) is 85.2 cm³/mol. The first-order chi connectivity index (χ1) is 10.0. The Bertz CT molecular complexity index is 635. The molecule has 21 heavy (non-hydrogen) atoms. The van der Waals surface area contributed by atoms with Gasteiger partial charge in [0, 0.05) is 30.0 Å². The van der Waals surface area contributed by atoms with E-state index in [2.05, 4.69) is 26.2 Å². The van der Waals surface area contributed by atoms with Crippen LogP contribution >= 0.6 is 15.9 Å². The van der Waals surface area contributed by atoms with Gasteiger partial charge in [0.1, 0.15) is 5.65 Å². The molecule has 0 aromatic carbocycles. The van der Waals surface area contributed by atoms with Crippen LogP contribution in [0, 0.1) is 5.41 Å². The number of hydrogen-bond donors (Lipinski definition) is 2. The highest BCUT2D eigenvalue weighted by Crippen LogP contribution is 2.25. The predicted octanol–water partition coefficient (Wildman–Crippen LogP) is 3.08. The molecule has 2 rings (SSSR count). The summed E-state index contributed by atoms with van der Waals surface area (Å²) in [5, 5.41) is 12.6. The van der Waals surface area contributed by atoms with Crippen LogP contribution in [0.4, 0.5) is 0 Å². The van der Waals surface area contributed by atoms with Crippen molar-refractivity contribution in [2.45, 2.75) is 33.2 Å². The molecule has 0 atom stereocenters. The Morgan fingerprint density at radius 3 is 2.81 bits per heavy atom. The first kappa shape index (κ1) is 16.0. The topological polar surface area (TPSA) is 66.6 Å². The summed E-state index contributed by atoms with van der Waals surface area (Å²) >= 11 is 3.42. The molecule has 114 valence electrons. The summed E-state index contributed by atoms with van der Waals surface area (Å²) in [5.74, 6) is -0.737. The molecule has 0 saturated carbocycles. The third-order valence-electron chi connectivity index (χ3n) is 4.05. The number of carboxylic acid groups (broad SMARTS) is 1. The second kappa shape index (κ2) is 6.58. The summed E-state index contributed by atoms with van der Waals surface area (Å²) in [6.07, 6.45) is 5.12. The molecule has 2 heterocycles. The van der Waals surface area contributed by atoms with Gasteiger partial charge in [-0.25, -0.2) is 4.98 Å². The Morgan fingerprint density at radius 1 is 1.48 bits per heavy atom. The highest BCUT2D eigenvalue weighted by molar-refractivity contribution is 9.10. The third-order valence-corrected chi connectivity index (χ3v) is 4.54. The maximum absolute atomic E-state index is 11.4. The Kier molecular flexibility index (Phi) is 5.00. The number of imidazole rings is 1. The quantitative estimate of drug-likeness (QED) is 0.802. The number of carboxylic acids is 1. The van der Waals surface area contributed by atoms with Crippen molar-refractivity contribution in [1.82, 2.24) is 14.7 Å². The lowest BCUT2D eigenvalue weighted by Gasteiger charge is -2.26. The van der Waals surface area contributed by atoms with Gasteiger partial charge in [-0.2, -0.15) is 0 Å². The summed E-state index contributed by atoms with van der Waals surface area (Å²) in [6, 6.07) is 3.90. The number of nitrogens with zero attached hydrogens (tertiary/aromatic N) is 2. The van der Waals surface area contributed by atoms with E-state index < -0.39 is 11.4 Å². The van der Waals surface area contributed by atoms with Gasteiger partial charge in [-0.15, -0.1) is 0 Å². The van der Waals surface area contributed by atoms with Gasteiger partial charge in [0.05, 0.1) is 11.1 Å². The first-order valence-corrected chi connectivity index (χ1v) is 7.87. The number of rotatable bonds is 7. The molecule has 6 heteroatoms. The maximum atomic E-state index is 11.4. The van der Waals surface area contributed by atoms with Crippen LogP contribution in [0.2, 0.25) is 0 Å². The van der Waals surface area contributed by atoms with E-state index in [1.54, 1.807) is 0 Å². The number of aliphatic carboxylic acids is 1. The number of carbonyl (C=O) groups is 1. The van der Waals surface area contributed by atoms with Crippen LogP contribution in [0.15, 0.2) is 29.0 Å². The molecule has 2 aromatic rings. The first-order valence-electron chi connectivity index (χ1n) is 7.08. The monoisotopic (exact) mass is 353 g/mol. The SMILES string of the molecule is CCC(CC)(CNCc1cn2ccc(Br)cc2n1)C(=O)O. The summed E-state index contributed by atoms with van der Waals surface area (Å²) in [5.41, 5.74) is 1.08. The number of pyridine rings is 1. The summed E-state index contributed by atoms with van der Waals surface area (Å²) in [6.45, 7) is 4.85.